The predicted octanol–water partition coefficient (Wildman–Crippen LogP) is -0.293. The Labute approximate surface area is 53.9 Å². The quantitative estimate of drug-likeness (QED) is 0.532. The largest absolute Gasteiger partial charge is 0.476 e. The minimum absolute atomic E-state index is 1.74. The summed E-state index contributed by atoms with van der Waals surface area (Å²) < 4.78 is 23.6. The van der Waals surface area contributed by atoms with Crippen molar-refractivity contribution in [1.29, 1.82) is 0 Å². The van der Waals surface area contributed by atoms with Crippen LogP contribution < -0.4 is 5.73 Å². The van der Waals surface area contributed by atoms with Crippen molar-refractivity contribution in [2.24, 2.45) is 5.73 Å². The second kappa shape index (κ2) is 2.90. The number of aliphatic carboxylic acids is 1. The van der Waals surface area contributed by atoms with E-state index >= 15 is 0 Å². The van der Waals surface area contributed by atoms with E-state index in [1.807, 2.05) is 0 Å². The van der Waals surface area contributed by atoms with Gasteiger partial charge in [-0.15, -0.1) is 0 Å². The Morgan fingerprint density at radius 3 is 1.70 bits per heavy atom. The van der Waals surface area contributed by atoms with Gasteiger partial charge in [0.15, 0.2) is 0 Å². The first-order valence-corrected chi connectivity index (χ1v) is 2.05. The third kappa shape index (κ3) is 1.81. The molecule has 0 unspecified atom stereocenters. The Balaban J connectivity index is 4.67. The van der Waals surface area contributed by atoms with Gasteiger partial charge in [0.2, 0.25) is 11.7 Å². The summed E-state index contributed by atoms with van der Waals surface area (Å²) in [6, 6.07) is 0. The van der Waals surface area contributed by atoms with Crippen LogP contribution in [0.2, 0.25) is 0 Å². The Kier molecular flexibility index (Phi) is 2.48. The van der Waals surface area contributed by atoms with Crippen LogP contribution in [0, 0.1) is 0 Å². The maximum atomic E-state index is 11.8. The summed E-state index contributed by atoms with van der Waals surface area (Å²) in [6.07, 6.45) is 0. The number of rotatable bonds is 2. The molecule has 0 aliphatic heterocycles. The van der Waals surface area contributed by atoms with Crippen molar-refractivity contribution >= 4 is 11.9 Å². The lowest BCUT2D eigenvalue weighted by atomic mass is 10.4. The van der Waals surface area contributed by atoms with Gasteiger partial charge in [0, 0.05) is 0 Å². The van der Waals surface area contributed by atoms with Crippen molar-refractivity contribution in [3.63, 3.8) is 0 Å². The van der Waals surface area contributed by atoms with Crippen LogP contribution in [0.15, 0.2) is 11.7 Å². The smallest absolute Gasteiger partial charge is 0.368 e. The lowest BCUT2D eigenvalue weighted by Gasteiger charge is -1.88. The zero-order valence-corrected chi connectivity index (χ0v) is 4.60. The second-order valence-electron chi connectivity index (χ2n) is 1.30. The molecule has 0 aromatic rings. The molecular weight excluding hydrogens is 148 g/mol. The van der Waals surface area contributed by atoms with Crippen molar-refractivity contribution in [3.05, 3.63) is 11.7 Å². The number of carboxylic acid groups (broad SMARTS) is 1. The average Bonchev–Trinajstić information content (AvgIpc) is 1.84. The SMILES string of the molecule is NC(=O)C(F)=C(F)C(=O)O. The maximum absolute atomic E-state index is 11.8. The van der Waals surface area contributed by atoms with Gasteiger partial charge in [-0.25, -0.2) is 4.79 Å². The maximum Gasteiger partial charge on any atom is 0.368 e. The van der Waals surface area contributed by atoms with Crippen molar-refractivity contribution in [2.45, 2.75) is 0 Å². The van der Waals surface area contributed by atoms with Gasteiger partial charge in [-0.3, -0.25) is 4.79 Å². The highest BCUT2D eigenvalue weighted by Crippen LogP contribution is 2.06. The molecule has 0 rings (SSSR count). The molecule has 0 radical (unpaired) electrons. The number of primary amides is 1. The normalized spacial score (nSPS) is 12.2. The molecule has 56 valence electrons. The molecule has 0 fully saturated rings. The summed E-state index contributed by atoms with van der Waals surface area (Å²) in [5, 5.41) is 7.72. The molecule has 0 aromatic carbocycles. The third-order valence-electron chi connectivity index (χ3n) is 0.597. The number of amides is 1. The van der Waals surface area contributed by atoms with E-state index in [1.165, 1.54) is 0 Å². The topological polar surface area (TPSA) is 80.4 Å². The van der Waals surface area contributed by atoms with Crippen LogP contribution in [0.4, 0.5) is 8.78 Å². The summed E-state index contributed by atoms with van der Waals surface area (Å²) in [5.74, 6) is -8.14. The fourth-order valence-corrected chi connectivity index (χ4v) is 0.202. The predicted molar refractivity (Wildman–Crippen MR) is 26.1 cm³/mol. The van der Waals surface area contributed by atoms with E-state index in [4.69, 9.17) is 5.11 Å². The molecule has 3 N–H and O–H groups in total. The summed E-state index contributed by atoms with van der Waals surface area (Å²) in [5.41, 5.74) is 4.20. The summed E-state index contributed by atoms with van der Waals surface area (Å²) in [6.45, 7) is 0. The number of halogens is 2. The van der Waals surface area contributed by atoms with E-state index in [1.54, 1.807) is 0 Å². The van der Waals surface area contributed by atoms with Crippen molar-refractivity contribution in [1.82, 2.24) is 0 Å². The van der Waals surface area contributed by atoms with Gasteiger partial charge in [0.05, 0.1) is 0 Å². The summed E-state index contributed by atoms with van der Waals surface area (Å²) in [7, 11) is 0. The van der Waals surface area contributed by atoms with E-state index in [-0.39, 0.29) is 0 Å². The Morgan fingerprint density at radius 1 is 1.20 bits per heavy atom. The van der Waals surface area contributed by atoms with Gasteiger partial charge >= 0.3 is 5.97 Å². The van der Waals surface area contributed by atoms with E-state index in [9.17, 15) is 18.4 Å². The molecule has 10 heavy (non-hydrogen) atoms. The van der Waals surface area contributed by atoms with Gasteiger partial charge in [-0.1, -0.05) is 0 Å². The molecule has 0 saturated carbocycles. The van der Waals surface area contributed by atoms with Crippen LogP contribution in [0.3, 0.4) is 0 Å². The highest BCUT2D eigenvalue weighted by Gasteiger charge is 2.17. The number of nitrogens with two attached hydrogens (primary N) is 1. The number of carbonyl (C=O) groups excluding carboxylic acids is 1. The fraction of sp³-hybridized carbons (Fsp3) is 0. The zero-order valence-electron chi connectivity index (χ0n) is 4.60. The molecule has 0 aliphatic carbocycles. The lowest BCUT2D eigenvalue weighted by Crippen LogP contribution is -2.14. The van der Waals surface area contributed by atoms with Crippen LogP contribution >= 0.6 is 0 Å². The number of hydrogen-bond donors (Lipinski definition) is 2. The first-order chi connectivity index (χ1) is 4.46. The highest BCUT2D eigenvalue weighted by molar-refractivity contribution is 5.98. The average molecular weight is 151 g/mol. The summed E-state index contributed by atoms with van der Waals surface area (Å²) >= 11 is 0. The highest BCUT2D eigenvalue weighted by atomic mass is 19.2. The third-order valence-corrected chi connectivity index (χ3v) is 0.597. The van der Waals surface area contributed by atoms with Crippen LogP contribution in [0.5, 0.6) is 0 Å². The Hall–Kier alpha value is -1.46. The van der Waals surface area contributed by atoms with Gasteiger partial charge in [-0.2, -0.15) is 8.78 Å². The minimum atomic E-state index is -2.17. The molecule has 6 heteroatoms. The second-order valence-corrected chi connectivity index (χ2v) is 1.30. The van der Waals surface area contributed by atoms with Crippen LogP contribution in [0.1, 0.15) is 0 Å². The number of hydrogen-bond acceptors (Lipinski definition) is 2. The minimum Gasteiger partial charge on any atom is -0.476 e. The van der Waals surface area contributed by atoms with E-state index in [0.717, 1.165) is 0 Å². The van der Waals surface area contributed by atoms with Gasteiger partial charge in [0.25, 0.3) is 5.91 Å². The molecule has 0 bridgehead atoms. The van der Waals surface area contributed by atoms with E-state index in [2.05, 4.69) is 5.73 Å². The van der Waals surface area contributed by atoms with E-state index < -0.39 is 23.5 Å². The molecule has 0 spiro atoms. The van der Waals surface area contributed by atoms with E-state index in [0.29, 0.717) is 0 Å². The van der Waals surface area contributed by atoms with Crippen molar-refractivity contribution < 1.29 is 23.5 Å². The molecule has 0 saturated heterocycles. The molecule has 0 aliphatic rings. The molecule has 1 amide bonds. The van der Waals surface area contributed by atoms with Crippen molar-refractivity contribution in [2.75, 3.05) is 0 Å². The Bertz CT molecular complexity index is 189. The fourth-order valence-electron chi connectivity index (χ4n) is 0.202. The first-order valence-electron chi connectivity index (χ1n) is 2.05. The molecule has 0 aromatic heterocycles. The van der Waals surface area contributed by atoms with Gasteiger partial charge in [0.1, 0.15) is 0 Å². The van der Waals surface area contributed by atoms with Crippen LogP contribution in [0.25, 0.3) is 0 Å². The standard InChI is InChI=1S/C4H3F2NO3/c5-1(3(7)8)2(6)4(9)10/h(H2,7,8)(H,9,10). The lowest BCUT2D eigenvalue weighted by molar-refractivity contribution is -0.135. The molecule has 0 atom stereocenters. The summed E-state index contributed by atoms with van der Waals surface area (Å²) in [4.78, 5) is 19.3. The number of carboxylic acids is 1. The Morgan fingerprint density at radius 2 is 1.60 bits per heavy atom. The van der Waals surface area contributed by atoms with Crippen LogP contribution in [-0.2, 0) is 9.59 Å². The molecular formula is C4H3F2NO3. The van der Waals surface area contributed by atoms with Crippen LogP contribution in [-0.4, -0.2) is 17.0 Å². The van der Waals surface area contributed by atoms with Crippen molar-refractivity contribution in [3.8, 4) is 0 Å². The first kappa shape index (κ1) is 8.54. The number of carbonyl (C=O) groups is 2. The van der Waals surface area contributed by atoms with Gasteiger partial charge < -0.3 is 10.8 Å². The van der Waals surface area contributed by atoms with Gasteiger partial charge in [-0.05, 0) is 0 Å². The monoisotopic (exact) mass is 151 g/mol. The zero-order chi connectivity index (χ0) is 8.31. The molecule has 0 heterocycles. The molecule has 4 nitrogen and oxygen atoms in total.